The monoisotopic (exact) mass is 286 g/mol. The fourth-order valence-electron chi connectivity index (χ4n) is 1.74. The van der Waals surface area contributed by atoms with Crippen LogP contribution in [0.5, 0.6) is 0 Å². The Kier molecular flexibility index (Phi) is 3.60. The van der Waals surface area contributed by atoms with Crippen LogP contribution in [0.1, 0.15) is 28.8 Å². The molecular formula is C12H15FN2O3S. The first-order chi connectivity index (χ1) is 8.79. The van der Waals surface area contributed by atoms with Gasteiger partial charge in [-0.05, 0) is 37.8 Å². The molecule has 1 amide bonds. The Morgan fingerprint density at radius 2 is 2.11 bits per heavy atom. The molecule has 0 spiro atoms. The third kappa shape index (κ3) is 3.30. The Labute approximate surface area is 111 Å². The first kappa shape index (κ1) is 14.0. The highest BCUT2D eigenvalue weighted by Gasteiger charge is 2.23. The molecule has 0 atom stereocenters. The Hall–Kier alpha value is -1.47. The highest BCUT2D eigenvalue weighted by molar-refractivity contribution is 7.89. The smallest absolute Gasteiger partial charge is 0.251 e. The molecule has 1 fully saturated rings. The van der Waals surface area contributed by atoms with Gasteiger partial charge in [0.2, 0.25) is 10.0 Å². The minimum absolute atomic E-state index is 0.0345. The molecular weight excluding hydrogens is 271 g/mol. The van der Waals surface area contributed by atoms with Crippen molar-refractivity contribution in [1.82, 2.24) is 5.32 Å². The number of hydrogen-bond donors (Lipinski definition) is 2. The van der Waals surface area contributed by atoms with E-state index in [4.69, 9.17) is 5.14 Å². The van der Waals surface area contributed by atoms with Crippen molar-refractivity contribution in [1.29, 1.82) is 0 Å². The van der Waals surface area contributed by atoms with E-state index >= 15 is 0 Å². The van der Waals surface area contributed by atoms with Gasteiger partial charge in [-0.15, -0.1) is 0 Å². The second kappa shape index (κ2) is 4.90. The van der Waals surface area contributed by atoms with Gasteiger partial charge in [0.15, 0.2) is 0 Å². The Morgan fingerprint density at radius 1 is 1.47 bits per heavy atom. The van der Waals surface area contributed by atoms with E-state index < -0.39 is 21.7 Å². The lowest BCUT2D eigenvalue weighted by Gasteiger charge is -2.09. The number of rotatable bonds is 4. The number of primary sulfonamides is 1. The molecule has 104 valence electrons. The third-order valence-corrected chi connectivity index (χ3v) is 4.15. The second-order valence-corrected chi connectivity index (χ2v) is 6.31. The summed E-state index contributed by atoms with van der Waals surface area (Å²) in [5, 5.41) is 7.65. The van der Waals surface area contributed by atoms with E-state index in [1.54, 1.807) is 0 Å². The van der Waals surface area contributed by atoms with E-state index in [0.717, 1.165) is 25.0 Å². The van der Waals surface area contributed by atoms with Gasteiger partial charge in [-0.3, -0.25) is 4.79 Å². The van der Waals surface area contributed by atoms with Crippen molar-refractivity contribution >= 4 is 15.9 Å². The molecule has 0 heterocycles. The average molecular weight is 286 g/mol. The fourth-order valence-corrected chi connectivity index (χ4v) is 2.56. The summed E-state index contributed by atoms with van der Waals surface area (Å²) in [6, 6.07) is 2.13. The quantitative estimate of drug-likeness (QED) is 0.862. The first-order valence-corrected chi connectivity index (χ1v) is 7.45. The predicted octanol–water partition coefficient (Wildman–Crippen LogP) is 0.921. The van der Waals surface area contributed by atoms with Crippen molar-refractivity contribution in [2.24, 2.45) is 11.1 Å². The number of amides is 1. The van der Waals surface area contributed by atoms with Crippen molar-refractivity contribution < 1.29 is 17.6 Å². The molecule has 1 aliphatic carbocycles. The number of hydrogen-bond acceptors (Lipinski definition) is 3. The van der Waals surface area contributed by atoms with Gasteiger partial charge < -0.3 is 5.32 Å². The standard InChI is InChI=1S/C12H15FN2O3S/c1-7-10(13)4-9(5-11(7)19(14,17)18)12(16)15-6-8-2-3-8/h4-5,8H,2-3,6H2,1H3,(H,15,16)(H2,14,17,18). The van der Waals surface area contributed by atoms with Crippen LogP contribution in [0.4, 0.5) is 4.39 Å². The molecule has 1 aliphatic rings. The van der Waals surface area contributed by atoms with Crippen LogP contribution in [-0.4, -0.2) is 20.9 Å². The van der Waals surface area contributed by atoms with E-state index in [-0.39, 0.29) is 16.0 Å². The Bertz CT molecular complexity index is 624. The molecule has 0 saturated heterocycles. The fraction of sp³-hybridized carbons (Fsp3) is 0.417. The zero-order chi connectivity index (χ0) is 14.2. The van der Waals surface area contributed by atoms with Crippen molar-refractivity contribution in [2.45, 2.75) is 24.7 Å². The summed E-state index contributed by atoms with van der Waals surface area (Å²) in [5.41, 5.74) is -0.117. The van der Waals surface area contributed by atoms with Crippen molar-refractivity contribution in [3.63, 3.8) is 0 Å². The maximum Gasteiger partial charge on any atom is 0.251 e. The van der Waals surface area contributed by atoms with E-state index in [9.17, 15) is 17.6 Å². The highest BCUT2D eigenvalue weighted by Crippen LogP contribution is 2.27. The average Bonchev–Trinajstić information content (AvgIpc) is 3.11. The predicted molar refractivity (Wildman–Crippen MR) is 67.6 cm³/mol. The van der Waals surface area contributed by atoms with Gasteiger partial charge in [-0.25, -0.2) is 17.9 Å². The second-order valence-electron chi connectivity index (χ2n) is 4.78. The number of carbonyl (C=O) groups is 1. The van der Waals surface area contributed by atoms with Crippen LogP contribution in [0.25, 0.3) is 0 Å². The van der Waals surface area contributed by atoms with Crippen LogP contribution in [0.3, 0.4) is 0 Å². The highest BCUT2D eigenvalue weighted by atomic mass is 32.2. The van der Waals surface area contributed by atoms with Gasteiger partial charge in [-0.1, -0.05) is 0 Å². The third-order valence-electron chi connectivity index (χ3n) is 3.11. The molecule has 0 aliphatic heterocycles. The number of sulfonamides is 1. The van der Waals surface area contributed by atoms with Crippen molar-refractivity contribution in [3.05, 3.63) is 29.1 Å². The topological polar surface area (TPSA) is 89.3 Å². The van der Waals surface area contributed by atoms with Crippen molar-refractivity contribution in [2.75, 3.05) is 6.54 Å². The van der Waals surface area contributed by atoms with Crippen molar-refractivity contribution in [3.8, 4) is 0 Å². The molecule has 2 rings (SSSR count). The molecule has 7 heteroatoms. The summed E-state index contributed by atoms with van der Waals surface area (Å²) in [6.07, 6.45) is 2.15. The Balaban J connectivity index is 2.30. The normalized spacial score (nSPS) is 15.3. The van der Waals surface area contributed by atoms with Gasteiger partial charge in [0.1, 0.15) is 5.82 Å². The van der Waals surface area contributed by atoms with Gasteiger partial charge >= 0.3 is 0 Å². The molecule has 1 aromatic rings. The first-order valence-electron chi connectivity index (χ1n) is 5.90. The number of benzene rings is 1. The maximum atomic E-state index is 13.6. The molecule has 1 aromatic carbocycles. The van der Waals surface area contributed by atoms with Gasteiger partial charge in [0.05, 0.1) is 4.90 Å². The summed E-state index contributed by atoms with van der Waals surface area (Å²) in [5.74, 6) is -0.768. The minimum atomic E-state index is -4.05. The number of nitrogens with two attached hydrogens (primary N) is 1. The molecule has 1 saturated carbocycles. The van der Waals surface area contributed by atoms with E-state index in [1.165, 1.54) is 6.92 Å². The van der Waals surface area contributed by atoms with Crippen LogP contribution in [0, 0.1) is 18.7 Å². The summed E-state index contributed by atoms with van der Waals surface area (Å²) in [6.45, 7) is 1.83. The van der Waals surface area contributed by atoms with Gasteiger partial charge in [0.25, 0.3) is 5.91 Å². The van der Waals surface area contributed by atoms with Gasteiger partial charge in [0, 0.05) is 17.7 Å². The lowest BCUT2D eigenvalue weighted by atomic mass is 10.1. The van der Waals surface area contributed by atoms with Crippen LogP contribution in [0.2, 0.25) is 0 Å². The summed E-state index contributed by atoms with van der Waals surface area (Å²) < 4.78 is 36.3. The van der Waals surface area contributed by atoms with E-state index in [0.29, 0.717) is 12.5 Å². The summed E-state index contributed by atoms with van der Waals surface area (Å²) >= 11 is 0. The Morgan fingerprint density at radius 3 is 2.63 bits per heavy atom. The number of carbonyl (C=O) groups excluding carboxylic acids is 1. The molecule has 19 heavy (non-hydrogen) atoms. The lowest BCUT2D eigenvalue weighted by molar-refractivity contribution is 0.0951. The maximum absolute atomic E-state index is 13.6. The summed E-state index contributed by atoms with van der Waals surface area (Å²) in [7, 11) is -4.05. The van der Waals surface area contributed by atoms with Gasteiger partial charge in [-0.2, -0.15) is 0 Å². The zero-order valence-corrected chi connectivity index (χ0v) is 11.3. The minimum Gasteiger partial charge on any atom is -0.352 e. The SMILES string of the molecule is Cc1c(F)cc(C(=O)NCC2CC2)cc1S(N)(=O)=O. The zero-order valence-electron chi connectivity index (χ0n) is 10.4. The molecule has 0 aromatic heterocycles. The molecule has 5 nitrogen and oxygen atoms in total. The largest absolute Gasteiger partial charge is 0.352 e. The van der Waals surface area contributed by atoms with Crippen LogP contribution in [-0.2, 0) is 10.0 Å². The van der Waals surface area contributed by atoms with Crippen LogP contribution < -0.4 is 10.5 Å². The van der Waals surface area contributed by atoms with E-state index in [2.05, 4.69) is 5.32 Å². The number of nitrogens with one attached hydrogen (secondary N) is 1. The van der Waals surface area contributed by atoms with Crippen LogP contribution in [0.15, 0.2) is 17.0 Å². The number of halogens is 1. The lowest BCUT2D eigenvalue weighted by Crippen LogP contribution is -2.26. The summed E-state index contributed by atoms with van der Waals surface area (Å²) in [4.78, 5) is 11.4. The van der Waals surface area contributed by atoms with Crippen LogP contribution >= 0.6 is 0 Å². The molecule has 0 bridgehead atoms. The van der Waals surface area contributed by atoms with E-state index in [1.807, 2.05) is 0 Å². The molecule has 0 unspecified atom stereocenters. The molecule has 3 N–H and O–H groups in total. The molecule has 0 radical (unpaired) electrons.